The van der Waals surface area contributed by atoms with E-state index in [1.807, 2.05) is 12.1 Å². The Morgan fingerprint density at radius 3 is 2.92 bits per heavy atom. The Bertz CT molecular complexity index is 315. The molecular weight excluding hydrogens is 216 g/mol. The van der Waals surface area contributed by atoms with E-state index in [9.17, 15) is 0 Å². The molecule has 0 bridgehead atoms. The maximum Gasteiger partial charge on any atom is 0.140 e. The molecule has 62 valence electrons. The lowest BCUT2D eigenvalue weighted by molar-refractivity contribution is 0.873. The SMILES string of the molecule is CCCc1nc(C#N)ccc1Br. The Balaban J connectivity index is 3.01. The summed E-state index contributed by atoms with van der Waals surface area (Å²) in [6, 6.07) is 5.60. The van der Waals surface area contributed by atoms with Crippen LogP contribution in [-0.4, -0.2) is 4.98 Å². The molecule has 1 aromatic rings. The van der Waals surface area contributed by atoms with E-state index in [-0.39, 0.29) is 0 Å². The van der Waals surface area contributed by atoms with E-state index in [4.69, 9.17) is 5.26 Å². The molecule has 1 aromatic heterocycles. The Labute approximate surface area is 80.4 Å². The van der Waals surface area contributed by atoms with Crippen LogP contribution in [0.1, 0.15) is 24.7 Å². The van der Waals surface area contributed by atoms with Gasteiger partial charge < -0.3 is 0 Å². The van der Waals surface area contributed by atoms with Crippen molar-refractivity contribution < 1.29 is 0 Å². The fourth-order valence-corrected chi connectivity index (χ4v) is 1.38. The molecule has 0 fully saturated rings. The third-order valence-corrected chi connectivity index (χ3v) is 2.24. The first-order valence-electron chi connectivity index (χ1n) is 3.83. The predicted molar refractivity (Wildman–Crippen MR) is 50.6 cm³/mol. The summed E-state index contributed by atoms with van der Waals surface area (Å²) in [5.41, 5.74) is 1.46. The van der Waals surface area contributed by atoms with Crippen LogP contribution in [0.15, 0.2) is 16.6 Å². The van der Waals surface area contributed by atoms with Crippen molar-refractivity contribution >= 4 is 15.9 Å². The van der Waals surface area contributed by atoms with Gasteiger partial charge in [-0.3, -0.25) is 0 Å². The lowest BCUT2D eigenvalue weighted by Gasteiger charge is -2.00. The van der Waals surface area contributed by atoms with Crippen molar-refractivity contribution in [1.29, 1.82) is 5.26 Å². The van der Waals surface area contributed by atoms with Crippen LogP contribution in [0.4, 0.5) is 0 Å². The van der Waals surface area contributed by atoms with E-state index < -0.39 is 0 Å². The van der Waals surface area contributed by atoms with Crippen LogP contribution in [-0.2, 0) is 6.42 Å². The Kier molecular flexibility index (Phi) is 3.24. The van der Waals surface area contributed by atoms with Crippen LogP contribution in [0.5, 0.6) is 0 Å². The maximum atomic E-state index is 8.59. The van der Waals surface area contributed by atoms with Crippen LogP contribution < -0.4 is 0 Å². The molecule has 0 aliphatic carbocycles. The zero-order chi connectivity index (χ0) is 8.97. The number of pyridine rings is 1. The molecule has 0 saturated heterocycles. The normalized spacial score (nSPS) is 9.42. The van der Waals surface area contributed by atoms with Crippen LogP contribution in [0.3, 0.4) is 0 Å². The molecule has 0 unspecified atom stereocenters. The van der Waals surface area contributed by atoms with E-state index in [1.54, 1.807) is 6.07 Å². The smallest absolute Gasteiger partial charge is 0.140 e. The van der Waals surface area contributed by atoms with Gasteiger partial charge >= 0.3 is 0 Å². The Hall–Kier alpha value is -0.880. The largest absolute Gasteiger partial charge is 0.241 e. The highest BCUT2D eigenvalue weighted by atomic mass is 79.9. The van der Waals surface area contributed by atoms with Crippen LogP contribution in [0, 0.1) is 11.3 Å². The van der Waals surface area contributed by atoms with Gasteiger partial charge in [-0.15, -0.1) is 0 Å². The van der Waals surface area contributed by atoms with Gasteiger partial charge in [0.1, 0.15) is 11.8 Å². The summed E-state index contributed by atoms with van der Waals surface area (Å²) >= 11 is 3.39. The minimum Gasteiger partial charge on any atom is -0.241 e. The third kappa shape index (κ3) is 2.05. The molecule has 0 saturated carbocycles. The van der Waals surface area contributed by atoms with Gasteiger partial charge in [0.2, 0.25) is 0 Å². The van der Waals surface area contributed by atoms with Gasteiger partial charge in [0.05, 0.1) is 5.69 Å². The molecule has 0 spiro atoms. The number of aryl methyl sites for hydroxylation is 1. The van der Waals surface area contributed by atoms with Crippen molar-refractivity contribution in [2.45, 2.75) is 19.8 Å². The summed E-state index contributed by atoms with van der Waals surface area (Å²) in [5, 5.41) is 8.59. The minimum absolute atomic E-state index is 0.488. The van der Waals surface area contributed by atoms with Gasteiger partial charge in [-0.2, -0.15) is 5.26 Å². The number of nitrogens with zero attached hydrogens (tertiary/aromatic N) is 2. The van der Waals surface area contributed by atoms with Gasteiger partial charge in [-0.05, 0) is 34.5 Å². The number of nitriles is 1. The number of halogens is 1. The molecule has 0 amide bonds. The molecule has 3 heteroatoms. The summed E-state index contributed by atoms with van der Waals surface area (Å²) in [6.45, 7) is 2.09. The summed E-state index contributed by atoms with van der Waals surface area (Å²) < 4.78 is 0.989. The van der Waals surface area contributed by atoms with Crippen molar-refractivity contribution in [2.24, 2.45) is 0 Å². The van der Waals surface area contributed by atoms with Crippen LogP contribution >= 0.6 is 15.9 Å². The highest BCUT2D eigenvalue weighted by Crippen LogP contribution is 2.16. The van der Waals surface area contributed by atoms with Crippen molar-refractivity contribution in [2.75, 3.05) is 0 Å². The fraction of sp³-hybridized carbons (Fsp3) is 0.333. The zero-order valence-electron chi connectivity index (χ0n) is 6.84. The zero-order valence-corrected chi connectivity index (χ0v) is 8.43. The first kappa shape index (κ1) is 9.21. The molecular formula is C9H9BrN2. The summed E-state index contributed by atoms with van der Waals surface area (Å²) in [5.74, 6) is 0. The lowest BCUT2D eigenvalue weighted by Crippen LogP contribution is -1.93. The van der Waals surface area contributed by atoms with Crippen molar-refractivity contribution in [1.82, 2.24) is 4.98 Å². The third-order valence-electron chi connectivity index (χ3n) is 1.52. The summed E-state index contributed by atoms with van der Waals surface area (Å²) in [4.78, 5) is 4.17. The van der Waals surface area contributed by atoms with Crippen molar-refractivity contribution in [3.05, 3.63) is 28.0 Å². The van der Waals surface area contributed by atoms with Crippen LogP contribution in [0.25, 0.3) is 0 Å². The molecule has 0 aliphatic rings. The molecule has 1 rings (SSSR count). The molecule has 0 aromatic carbocycles. The average Bonchev–Trinajstić information content (AvgIpc) is 2.09. The van der Waals surface area contributed by atoms with Gasteiger partial charge in [0.15, 0.2) is 0 Å². The summed E-state index contributed by atoms with van der Waals surface area (Å²) in [6.07, 6.45) is 1.95. The molecule has 0 atom stereocenters. The van der Waals surface area contributed by atoms with E-state index in [0.717, 1.165) is 23.0 Å². The number of rotatable bonds is 2. The van der Waals surface area contributed by atoms with E-state index in [1.165, 1.54) is 0 Å². The number of hydrogen-bond donors (Lipinski definition) is 0. The first-order chi connectivity index (χ1) is 5.77. The van der Waals surface area contributed by atoms with E-state index >= 15 is 0 Å². The molecule has 2 nitrogen and oxygen atoms in total. The van der Waals surface area contributed by atoms with Crippen molar-refractivity contribution in [3.8, 4) is 6.07 Å². The molecule has 1 heterocycles. The number of hydrogen-bond acceptors (Lipinski definition) is 2. The topological polar surface area (TPSA) is 36.7 Å². The maximum absolute atomic E-state index is 8.59. The molecule has 0 N–H and O–H groups in total. The van der Waals surface area contributed by atoms with E-state index in [2.05, 4.69) is 27.8 Å². The fourth-order valence-electron chi connectivity index (χ4n) is 0.959. The predicted octanol–water partition coefficient (Wildman–Crippen LogP) is 2.67. The van der Waals surface area contributed by atoms with Gasteiger partial charge in [0.25, 0.3) is 0 Å². The van der Waals surface area contributed by atoms with E-state index in [0.29, 0.717) is 5.69 Å². The standard InChI is InChI=1S/C9H9BrN2/c1-2-3-9-8(10)5-4-7(6-11)12-9/h4-5H,2-3H2,1H3. The monoisotopic (exact) mass is 224 g/mol. The van der Waals surface area contributed by atoms with Gasteiger partial charge in [0, 0.05) is 4.47 Å². The second kappa shape index (κ2) is 4.22. The molecule has 0 aliphatic heterocycles. The lowest BCUT2D eigenvalue weighted by atomic mass is 10.2. The minimum atomic E-state index is 0.488. The number of aromatic nitrogens is 1. The van der Waals surface area contributed by atoms with Crippen LogP contribution in [0.2, 0.25) is 0 Å². The second-order valence-corrected chi connectivity index (χ2v) is 3.34. The Morgan fingerprint density at radius 1 is 1.58 bits per heavy atom. The first-order valence-corrected chi connectivity index (χ1v) is 4.62. The molecule has 12 heavy (non-hydrogen) atoms. The highest BCUT2D eigenvalue weighted by molar-refractivity contribution is 9.10. The van der Waals surface area contributed by atoms with Gasteiger partial charge in [-0.1, -0.05) is 13.3 Å². The van der Waals surface area contributed by atoms with Gasteiger partial charge in [-0.25, -0.2) is 4.98 Å². The molecule has 0 radical (unpaired) electrons. The summed E-state index contributed by atoms with van der Waals surface area (Å²) in [7, 11) is 0. The second-order valence-electron chi connectivity index (χ2n) is 2.49. The van der Waals surface area contributed by atoms with Crippen molar-refractivity contribution in [3.63, 3.8) is 0 Å². The Morgan fingerprint density at radius 2 is 2.33 bits per heavy atom. The highest BCUT2D eigenvalue weighted by Gasteiger charge is 2.01. The quantitative estimate of drug-likeness (QED) is 0.775. The average molecular weight is 225 g/mol.